The molecule has 5 heteroatoms. The van der Waals surface area contributed by atoms with Crippen molar-refractivity contribution in [3.05, 3.63) is 46.4 Å². The van der Waals surface area contributed by atoms with Gasteiger partial charge < -0.3 is 14.3 Å². The molecule has 3 aliphatic rings. The van der Waals surface area contributed by atoms with Crippen LogP contribution < -0.4 is 5.56 Å². The molecule has 1 saturated heterocycles. The summed E-state index contributed by atoms with van der Waals surface area (Å²) >= 11 is 0. The van der Waals surface area contributed by atoms with E-state index in [4.69, 9.17) is 4.42 Å². The van der Waals surface area contributed by atoms with Gasteiger partial charge in [0.1, 0.15) is 11.3 Å². The first-order valence-corrected chi connectivity index (χ1v) is 10.3. The molecule has 5 rings (SSSR count). The van der Waals surface area contributed by atoms with Gasteiger partial charge in [-0.25, -0.2) is 0 Å². The van der Waals surface area contributed by atoms with Crippen LogP contribution in [0.25, 0.3) is 11.5 Å². The smallest absolute Gasteiger partial charge is 0.261 e. The van der Waals surface area contributed by atoms with Crippen LogP contribution >= 0.6 is 0 Å². The molecule has 5 nitrogen and oxygen atoms in total. The Morgan fingerprint density at radius 1 is 1.19 bits per heavy atom. The van der Waals surface area contributed by atoms with Gasteiger partial charge in [-0.15, -0.1) is 0 Å². The number of rotatable bonds is 4. The van der Waals surface area contributed by atoms with Crippen LogP contribution in [-0.4, -0.2) is 28.4 Å². The number of fused-ring (bicyclic) bond motifs is 2. The molecule has 142 valence electrons. The summed E-state index contributed by atoms with van der Waals surface area (Å²) in [4.78, 5) is 30.4. The Kier molecular flexibility index (Phi) is 4.18. The van der Waals surface area contributed by atoms with E-state index in [1.165, 1.54) is 25.7 Å². The van der Waals surface area contributed by atoms with E-state index in [1.54, 1.807) is 30.5 Å². The molecule has 2 aromatic heterocycles. The van der Waals surface area contributed by atoms with Crippen molar-refractivity contribution in [1.82, 2.24) is 9.88 Å². The number of carbonyl (C=O) groups is 1. The summed E-state index contributed by atoms with van der Waals surface area (Å²) in [6, 6.07) is 7.27. The predicted molar refractivity (Wildman–Crippen MR) is 102 cm³/mol. The van der Waals surface area contributed by atoms with Crippen LogP contribution in [0.15, 0.2) is 39.7 Å². The van der Waals surface area contributed by atoms with Crippen molar-refractivity contribution < 1.29 is 9.21 Å². The summed E-state index contributed by atoms with van der Waals surface area (Å²) in [6.45, 7) is 0.768. The lowest BCUT2D eigenvalue weighted by molar-refractivity contribution is 0.0706. The summed E-state index contributed by atoms with van der Waals surface area (Å²) in [6.07, 6.45) is 10.3. The topological polar surface area (TPSA) is 66.3 Å². The molecule has 1 aliphatic heterocycles. The Balaban J connectivity index is 1.33. The molecule has 4 atom stereocenters. The minimum atomic E-state index is -0.334. The van der Waals surface area contributed by atoms with Gasteiger partial charge in [-0.2, -0.15) is 0 Å². The largest absolute Gasteiger partial charge is 0.463 e. The second-order valence-corrected chi connectivity index (χ2v) is 8.56. The van der Waals surface area contributed by atoms with E-state index in [-0.39, 0.29) is 17.0 Å². The highest BCUT2D eigenvalue weighted by Crippen LogP contribution is 2.50. The van der Waals surface area contributed by atoms with Gasteiger partial charge in [0.15, 0.2) is 0 Å². The Bertz CT molecular complexity index is 885. The van der Waals surface area contributed by atoms with Crippen molar-refractivity contribution in [2.45, 2.75) is 51.0 Å². The van der Waals surface area contributed by atoms with Crippen LogP contribution in [-0.2, 0) is 0 Å². The lowest BCUT2D eigenvalue weighted by Crippen LogP contribution is -2.39. The number of hydrogen-bond acceptors (Lipinski definition) is 3. The van der Waals surface area contributed by atoms with Crippen molar-refractivity contribution >= 4 is 5.91 Å². The maximum Gasteiger partial charge on any atom is 0.261 e. The molecule has 2 aliphatic carbocycles. The quantitative estimate of drug-likeness (QED) is 0.887. The lowest BCUT2D eigenvalue weighted by Gasteiger charge is -2.30. The van der Waals surface area contributed by atoms with Crippen molar-refractivity contribution in [2.75, 3.05) is 6.54 Å². The Labute approximate surface area is 158 Å². The first-order chi connectivity index (χ1) is 13.2. The SMILES string of the molecule is O=C(c1ccc(-c2ccco2)[nH]c1=O)N1CCC[C@H]1C[C@H]1C[C@@H]2CC[C@@H]1C2. The lowest BCUT2D eigenvalue weighted by atomic mass is 9.83. The van der Waals surface area contributed by atoms with Gasteiger partial charge >= 0.3 is 0 Å². The number of aromatic nitrogens is 1. The van der Waals surface area contributed by atoms with Crippen LogP contribution in [0.5, 0.6) is 0 Å². The second kappa shape index (κ2) is 6.70. The number of nitrogens with zero attached hydrogens (tertiary/aromatic N) is 1. The van der Waals surface area contributed by atoms with Crippen molar-refractivity contribution in [1.29, 1.82) is 0 Å². The molecule has 27 heavy (non-hydrogen) atoms. The fraction of sp³-hybridized carbons (Fsp3) is 0.545. The number of nitrogens with one attached hydrogen (secondary N) is 1. The molecule has 3 heterocycles. The summed E-state index contributed by atoms with van der Waals surface area (Å²) < 4.78 is 5.32. The standard InChI is InChI=1S/C22H26N2O3/c25-21-18(7-8-19(23-21)20-4-2-10-27-20)22(26)24-9-1-3-17(24)13-16-12-14-5-6-15(16)11-14/h2,4,7-8,10,14-17H,1,3,5-6,9,11-13H2,(H,23,25)/t14-,15-,16-,17+/m1/s1. The fourth-order valence-corrected chi connectivity index (χ4v) is 5.74. The monoisotopic (exact) mass is 366 g/mol. The van der Waals surface area contributed by atoms with Gasteiger partial charge in [-0.3, -0.25) is 9.59 Å². The average Bonchev–Trinajstić information content (AvgIpc) is 3.45. The van der Waals surface area contributed by atoms with Crippen LogP contribution in [0, 0.1) is 17.8 Å². The predicted octanol–water partition coefficient (Wildman–Crippen LogP) is 4.07. The molecule has 3 fully saturated rings. The molecule has 1 N–H and O–H groups in total. The second-order valence-electron chi connectivity index (χ2n) is 8.56. The third-order valence-electron chi connectivity index (χ3n) is 7.02. The molecule has 0 unspecified atom stereocenters. The van der Waals surface area contributed by atoms with Gasteiger partial charge in [0.25, 0.3) is 11.5 Å². The molecule has 2 saturated carbocycles. The molecule has 0 radical (unpaired) electrons. The van der Waals surface area contributed by atoms with E-state index in [0.29, 0.717) is 17.5 Å². The number of amides is 1. The molecular formula is C22H26N2O3. The van der Waals surface area contributed by atoms with Gasteiger partial charge in [0.2, 0.25) is 0 Å². The molecule has 2 bridgehead atoms. The third-order valence-corrected chi connectivity index (χ3v) is 7.02. The molecule has 1 amide bonds. The minimum absolute atomic E-state index is 0.118. The maximum atomic E-state index is 13.1. The fourth-order valence-electron chi connectivity index (χ4n) is 5.74. The van der Waals surface area contributed by atoms with Crippen LogP contribution in [0.2, 0.25) is 0 Å². The maximum absolute atomic E-state index is 13.1. The van der Waals surface area contributed by atoms with Gasteiger partial charge in [0, 0.05) is 12.6 Å². The normalized spacial score (nSPS) is 29.6. The average molecular weight is 366 g/mol. The van der Waals surface area contributed by atoms with Crippen molar-refractivity contribution in [2.24, 2.45) is 17.8 Å². The molecule has 0 spiro atoms. The number of pyridine rings is 1. The minimum Gasteiger partial charge on any atom is -0.463 e. The van der Waals surface area contributed by atoms with Gasteiger partial charge in [-0.1, -0.05) is 6.42 Å². The third kappa shape index (κ3) is 3.03. The number of aromatic amines is 1. The first-order valence-electron chi connectivity index (χ1n) is 10.3. The Morgan fingerprint density at radius 3 is 2.81 bits per heavy atom. The van der Waals surface area contributed by atoms with Crippen molar-refractivity contribution in [3.8, 4) is 11.5 Å². The summed E-state index contributed by atoms with van der Waals surface area (Å²) in [7, 11) is 0. The highest BCUT2D eigenvalue weighted by molar-refractivity contribution is 5.94. The number of furan rings is 1. The number of H-pyrrole nitrogens is 1. The zero-order valence-corrected chi connectivity index (χ0v) is 15.5. The first kappa shape index (κ1) is 16.8. The van der Waals surface area contributed by atoms with E-state index in [0.717, 1.165) is 43.6 Å². The van der Waals surface area contributed by atoms with Crippen LogP contribution in [0.3, 0.4) is 0 Å². The van der Waals surface area contributed by atoms with Crippen LogP contribution in [0.1, 0.15) is 55.3 Å². The van der Waals surface area contributed by atoms with Crippen molar-refractivity contribution in [3.63, 3.8) is 0 Å². The number of likely N-dealkylation sites (tertiary alicyclic amines) is 1. The van der Waals surface area contributed by atoms with Gasteiger partial charge in [-0.05, 0) is 80.5 Å². The Hall–Kier alpha value is -2.30. The van der Waals surface area contributed by atoms with E-state index < -0.39 is 0 Å². The highest BCUT2D eigenvalue weighted by Gasteiger charge is 2.42. The van der Waals surface area contributed by atoms with E-state index in [9.17, 15) is 9.59 Å². The summed E-state index contributed by atoms with van der Waals surface area (Å²) in [5.41, 5.74) is 0.506. The zero-order chi connectivity index (χ0) is 18.4. The Morgan fingerprint density at radius 2 is 2.11 bits per heavy atom. The molecule has 0 aromatic carbocycles. The van der Waals surface area contributed by atoms with Crippen LogP contribution in [0.4, 0.5) is 0 Å². The zero-order valence-electron chi connectivity index (χ0n) is 15.5. The highest BCUT2D eigenvalue weighted by atomic mass is 16.3. The van der Waals surface area contributed by atoms with Gasteiger partial charge in [0.05, 0.1) is 12.0 Å². The molecular weight excluding hydrogens is 340 g/mol. The molecule has 2 aromatic rings. The van der Waals surface area contributed by atoms with E-state index >= 15 is 0 Å². The number of hydrogen-bond donors (Lipinski definition) is 1. The number of carbonyl (C=O) groups excluding carboxylic acids is 1. The van der Waals surface area contributed by atoms with E-state index in [2.05, 4.69) is 4.98 Å². The summed E-state index contributed by atoms with van der Waals surface area (Å²) in [5, 5.41) is 0. The summed E-state index contributed by atoms with van der Waals surface area (Å²) in [5.74, 6) is 3.07. The van der Waals surface area contributed by atoms with E-state index in [1.807, 2.05) is 4.90 Å².